The van der Waals surface area contributed by atoms with Gasteiger partial charge in [-0.05, 0) is 42.5 Å². The van der Waals surface area contributed by atoms with E-state index in [4.69, 9.17) is 0 Å². The summed E-state index contributed by atoms with van der Waals surface area (Å²) in [5.74, 6) is 0. The zero-order valence-electron chi connectivity index (χ0n) is 12.9. The summed E-state index contributed by atoms with van der Waals surface area (Å²) < 4.78 is 0. The topological polar surface area (TPSA) is 67.3 Å². The lowest BCUT2D eigenvalue weighted by molar-refractivity contribution is 0.639. The highest BCUT2D eigenvalue weighted by Crippen LogP contribution is 2.41. The number of rotatable bonds is 4. The van der Waals surface area contributed by atoms with Crippen molar-refractivity contribution in [2.24, 2.45) is 0 Å². The maximum Gasteiger partial charge on any atom is 0.138 e. The van der Waals surface area contributed by atoms with Crippen LogP contribution in [0.4, 0.5) is 0 Å². The molecule has 0 radical (unpaired) electrons. The lowest BCUT2D eigenvalue weighted by atomic mass is 9.74. The van der Waals surface area contributed by atoms with E-state index in [2.05, 4.69) is 25.1 Å². The van der Waals surface area contributed by atoms with Crippen LogP contribution in [0.1, 0.15) is 22.8 Å². The lowest BCUT2D eigenvalue weighted by Crippen LogP contribution is -2.34. The Kier molecular flexibility index (Phi) is 3.59. The van der Waals surface area contributed by atoms with E-state index in [1.165, 1.54) is 0 Å². The van der Waals surface area contributed by atoms with E-state index in [-0.39, 0.29) is 0 Å². The van der Waals surface area contributed by atoms with Crippen LogP contribution in [0.3, 0.4) is 0 Å². The molecule has 0 amide bonds. The molecule has 0 saturated heterocycles. The van der Waals surface area contributed by atoms with Crippen molar-refractivity contribution < 1.29 is 0 Å². The zero-order chi connectivity index (χ0) is 16.2. The van der Waals surface area contributed by atoms with Crippen molar-refractivity contribution in [1.29, 1.82) is 0 Å². The van der Waals surface area contributed by atoms with Crippen LogP contribution in [0.15, 0.2) is 85.5 Å². The number of aromatic amines is 1. The van der Waals surface area contributed by atoms with Gasteiger partial charge in [0.2, 0.25) is 0 Å². The lowest BCUT2D eigenvalue weighted by Gasteiger charge is -2.31. The van der Waals surface area contributed by atoms with Gasteiger partial charge in [0.25, 0.3) is 0 Å². The van der Waals surface area contributed by atoms with Crippen molar-refractivity contribution in [3.63, 3.8) is 0 Å². The fraction of sp³-hybridized carbons (Fsp3) is 0.0526. The number of hydrogen-bond donors (Lipinski definition) is 1. The van der Waals surface area contributed by atoms with E-state index in [9.17, 15) is 0 Å². The van der Waals surface area contributed by atoms with Gasteiger partial charge in [0.1, 0.15) is 5.41 Å². The highest BCUT2D eigenvalue weighted by molar-refractivity contribution is 5.51. The van der Waals surface area contributed by atoms with E-state index in [1.807, 2.05) is 60.7 Å². The van der Waals surface area contributed by atoms with Crippen LogP contribution in [0.5, 0.6) is 0 Å². The molecule has 4 aromatic heterocycles. The smallest absolute Gasteiger partial charge is 0.138 e. The summed E-state index contributed by atoms with van der Waals surface area (Å²) in [5, 5.41) is 7.26. The molecule has 0 atom stereocenters. The van der Waals surface area contributed by atoms with Crippen LogP contribution in [0.2, 0.25) is 0 Å². The fourth-order valence-electron chi connectivity index (χ4n) is 3.03. The maximum absolute atomic E-state index is 4.63. The molecule has 0 aromatic carbocycles. The quantitative estimate of drug-likeness (QED) is 0.629. The van der Waals surface area contributed by atoms with Gasteiger partial charge in [-0.25, -0.2) is 0 Å². The van der Waals surface area contributed by atoms with Crippen LogP contribution in [0.25, 0.3) is 0 Å². The number of hydrogen-bond acceptors (Lipinski definition) is 4. The molecule has 4 heterocycles. The molecule has 0 fully saturated rings. The van der Waals surface area contributed by atoms with Crippen LogP contribution in [-0.2, 0) is 5.41 Å². The third-order valence-electron chi connectivity index (χ3n) is 4.05. The Hall–Kier alpha value is -3.34. The first-order valence-corrected chi connectivity index (χ1v) is 7.67. The van der Waals surface area contributed by atoms with Crippen molar-refractivity contribution >= 4 is 0 Å². The van der Waals surface area contributed by atoms with Gasteiger partial charge in [-0.2, -0.15) is 5.10 Å². The predicted molar refractivity (Wildman–Crippen MR) is 90.3 cm³/mol. The molecule has 0 aliphatic carbocycles. The minimum absolute atomic E-state index is 0.750. The maximum atomic E-state index is 4.63. The highest BCUT2D eigenvalue weighted by Gasteiger charge is 2.43. The van der Waals surface area contributed by atoms with Crippen molar-refractivity contribution in [2.45, 2.75) is 5.41 Å². The number of nitrogens with one attached hydrogen (secondary N) is 1. The zero-order valence-corrected chi connectivity index (χ0v) is 12.9. The summed E-state index contributed by atoms with van der Waals surface area (Å²) in [5.41, 5.74) is 2.64. The summed E-state index contributed by atoms with van der Waals surface area (Å²) >= 11 is 0. The van der Waals surface area contributed by atoms with Crippen LogP contribution >= 0.6 is 0 Å². The molecule has 0 unspecified atom stereocenters. The molecule has 0 aliphatic heterocycles. The number of nitrogens with zero attached hydrogens (tertiary/aromatic N) is 4. The molecule has 0 saturated carbocycles. The summed E-state index contributed by atoms with van der Waals surface area (Å²) in [7, 11) is 0. The second-order valence-electron chi connectivity index (χ2n) is 5.37. The molecule has 0 bridgehead atoms. The van der Waals surface area contributed by atoms with Gasteiger partial charge in [0.05, 0.1) is 22.8 Å². The first kappa shape index (κ1) is 14.3. The summed E-state index contributed by atoms with van der Waals surface area (Å²) in [6.07, 6.45) is 7.09. The molecule has 0 spiro atoms. The van der Waals surface area contributed by atoms with Crippen molar-refractivity contribution in [3.8, 4) is 0 Å². The normalized spacial score (nSPS) is 11.3. The van der Waals surface area contributed by atoms with E-state index in [0.29, 0.717) is 0 Å². The van der Waals surface area contributed by atoms with E-state index in [1.54, 1.807) is 24.8 Å². The summed E-state index contributed by atoms with van der Waals surface area (Å²) in [6, 6.07) is 19.5. The highest BCUT2D eigenvalue weighted by atomic mass is 15.1. The fourth-order valence-corrected chi connectivity index (χ4v) is 3.03. The van der Waals surface area contributed by atoms with Gasteiger partial charge in [0.15, 0.2) is 0 Å². The average molecular weight is 313 g/mol. The number of aromatic nitrogens is 5. The van der Waals surface area contributed by atoms with Crippen molar-refractivity contribution in [2.75, 3.05) is 0 Å². The first-order valence-electron chi connectivity index (χ1n) is 7.67. The number of H-pyrrole nitrogens is 1. The van der Waals surface area contributed by atoms with Gasteiger partial charge in [-0.3, -0.25) is 20.1 Å². The van der Waals surface area contributed by atoms with Gasteiger partial charge >= 0.3 is 0 Å². The molecular weight excluding hydrogens is 298 g/mol. The summed E-state index contributed by atoms with van der Waals surface area (Å²) in [6.45, 7) is 0. The predicted octanol–water partition coefficient (Wildman–Crippen LogP) is 2.98. The van der Waals surface area contributed by atoms with Gasteiger partial charge in [-0.1, -0.05) is 18.2 Å². The molecule has 116 valence electrons. The third kappa shape index (κ3) is 2.18. The SMILES string of the molecule is c1ccc(C(c2ccccn2)(c2ccccn2)c2ccn[nH]2)nc1. The van der Waals surface area contributed by atoms with Crippen LogP contribution < -0.4 is 0 Å². The average Bonchev–Trinajstić information content (AvgIpc) is 3.20. The molecule has 4 rings (SSSR count). The van der Waals surface area contributed by atoms with Crippen molar-refractivity contribution in [3.05, 3.63) is 108 Å². The third-order valence-corrected chi connectivity index (χ3v) is 4.05. The molecule has 1 N–H and O–H groups in total. The monoisotopic (exact) mass is 313 g/mol. The van der Waals surface area contributed by atoms with Crippen LogP contribution in [-0.4, -0.2) is 25.1 Å². The van der Waals surface area contributed by atoms with Gasteiger partial charge < -0.3 is 0 Å². The second-order valence-corrected chi connectivity index (χ2v) is 5.37. The Morgan fingerprint density at radius 2 is 1.08 bits per heavy atom. The first-order chi connectivity index (χ1) is 11.9. The Balaban J connectivity index is 2.12. The molecule has 5 heteroatoms. The standard InChI is InChI=1S/C19H15N5/c1-4-11-20-15(7-1)19(18-10-14-23-24-18,16-8-2-5-12-21-16)17-9-3-6-13-22-17/h1-14H,(H,23,24). The Labute approximate surface area is 139 Å². The largest absolute Gasteiger partial charge is 0.281 e. The van der Waals surface area contributed by atoms with Gasteiger partial charge in [-0.15, -0.1) is 0 Å². The van der Waals surface area contributed by atoms with E-state index >= 15 is 0 Å². The minimum Gasteiger partial charge on any atom is -0.281 e. The Morgan fingerprint density at radius 1 is 0.583 bits per heavy atom. The molecule has 5 nitrogen and oxygen atoms in total. The number of pyridine rings is 3. The summed E-state index contributed by atoms with van der Waals surface area (Å²) in [4.78, 5) is 13.9. The molecular formula is C19H15N5. The Morgan fingerprint density at radius 3 is 1.42 bits per heavy atom. The second kappa shape index (κ2) is 6.04. The van der Waals surface area contributed by atoms with E-state index in [0.717, 1.165) is 22.8 Å². The molecule has 4 aromatic rings. The molecule has 0 aliphatic rings. The van der Waals surface area contributed by atoms with Crippen molar-refractivity contribution in [1.82, 2.24) is 25.1 Å². The van der Waals surface area contributed by atoms with E-state index < -0.39 is 5.41 Å². The Bertz CT molecular complexity index is 794. The van der Waals surface area contributed by atoms with Gasteiger partial charge in [0, 0.05) is 24.8 Å². The minimum atomic E-state index is -0.750. The molecule has 24 heavy (non-hydrogen) atoms. The van der Waals surface area contributed by atoms with Crippen LogP contribution in [0, 0.1) is 0 Å².